The molecule has 2 N–H and O–H groups in total. The topological polar surface area (TPSA) is 58.1 Å². The Morgan fingerprint density at radius 2 is 1.86 bits per heavy atom. The Kier molecular flexibility index (Phi) is 10.3. The number of aliphatic imine (C=N–C) groups is 1. The van der Waals surface area contributed by atoms with Gasteiger partial charge in [0.05, 0.1) is 19.3 Å². The fourth-order valence-electron chi connectivity index (χ4n) is 3.53. The van der Waals surface area contributed by atoms with Crippen LogP contribution in [0.3, 0.4) is 0 Å². The van der Waals surface area contributed by atoms with Crippen LogP contribution in [0.25, 0.3) is 0 Å². The molecule has 29 heavy (non-hydrogen) atoms. The fourth-order valence-corrected chi connectivity index (χ4v) is 3.53. The zero-order valence-electron chi connectivity index (χ0n) is 18.9. The summed E-state index contributed by atoms with van der Waals surface area (Å²) in [5.41, 5.74) is 1.25. The van der Waals surface area contributed by atoms with E-state index in [0.717, 1.165) is 57.3 Å². The van der Waals surface area contributed by atoms with Gasteiger partial charge in [-0.3, -0.25) is 4.99 Å². The quantitative estimate of drug-likeness (QED) is 0.356. The van der Waals surface area contributed by atoms with Gasteiger partial charge >= 0.3 is 0 Å². The van der Waals surface area contributed by atoms with E-state index in [0.29, 0.717) is 24.7 Å². The molecule has 0 bridgehead atoms. The van der Waals surface area contributed by atoms with Crippen molar-refractivity contribution in [2.24, 2.45) is 4.99 Å². The third-order valence-corrected chi connectivity index (χ3v) is 5.20. The number of ether oxygens (including phenoxy) is 2. The molecule has 0 spiro atoms. The van der Waals surface area contributed by atoms with Crippen LogP contribution >= 0.6 is 0 Å². The predicted octanol–water partition coefficient (Wildman–Crippen LogP) is 3.24. The molecule has 1 aromatic rings. The van der Waals surface area contributed by atoms with Crippen LogP contribution in [0, 0.1) is 0 Å². The van der Waals surface area contributed by atoms with Crippen molar-refractivity contribution in [1.82, 2.24) is 15.5 Å². The van der Waals surface area contributed by atoms with Crippen LogP contribution < -0.4 is 15.4 Å². The van der Waals surface area contributed by atoms with Crippen molar-refractivity contribution in [2.45, 2.75) is 58.6 Å². The molecule has 0 unspecified atom stereocenters. The van der Waals surface area contributed by atoms with E-state index in [2.05, 4.69) is 60.4 Å². The molecule has 1 aliphatic heterocycles. The van der Waals surface area contributed by atoms with E-state index in [9.17, 15) is 0 Å². The standard InChI is InChI=1S/C23H40N4O2/c1-18(2)21-8-6-7-9-22(21)29-16-12-25-23(24-5)26-20-10-13-27(14-11-20)15-17-28-19(3)4/h6-9,18-20H,10-17H2,1-5H3,(H2,24,25,26). The summed E-state index contributed by atoms with van der Waals surface area (Å²) in [5, 5.41) is 6.93. The van der Waals surface area contributed by atoms with Gasteiger partial charge in [-0.1, -0.05) is 32.0 Å². The molecule has 0 aliphatic carbocycles. The van der Waals surface area contributed by atoms with Gasteiger partial charge in [0.2, 0.25) is 0 Å². The van der Waals surface area contributed by atoms with Crippen LogP contribution in [0.1, 0.15) is 52.0 Å². The molecule has 164 valence electrons. The Hall–Kier alpha value is -1.79. The van der Waals surface area contributed by atoms with E-state index in [1.807, 2.05) is 19.2 Å². The predicted molar refractivity (Wildman–Crippen MR) is 121 cm³/mol. The molecule has 6 nitrogen and oxygen atoms in total. The van der Waals surface area contributed by atoms with Gasteiger partial charge in [0.25, 0.3) is 0 Å². The second kappa shape index (κ2) is 12.7. The summed E-state index contributed by atoms with van der Waals surface area (Å²) >= 11 is 0. The third kappa shape index (κ3) is 8.62. The van der Waals surface area contributed by atoms with E-state index in [4.69, 9.17) is 9.47 Å². The maximum atomic E-state index is 5.99. The number of piperidine rings is 1. The number of rotatable bonds is 10. The lowest BCUT2D eigenvalue weighted by Crippen LogP contribution is -2.49. The highest BCUT2D eigenvalue weighted by Gasteiger charge is 2.19. The molecule has 6 heteroatoms. The van der Waals surface area contributed by atoms with Crippen LogP contribution in [-0.4, -0.2) is 69.4 Å². The van der Waals surface area contributed by atoms with Crippen molar-refractivity contribution in [3.8, 4) is 5.75 Å². The number of guanidine groups is 1. The minimum absolute atomic E-state index is 0.312. The van der Waals surface area contributed by atoms with Gasteiger partial charge in [-0.25, -0.2) is 0 Å². The SMILES string of the molecule is CN=C(NCCOc1ccccc1C(C)C)NC1CCN(CCOC(C)C)CC1. The Balaban J connectivity index is 1.65. The molecule has 0 radical (unpaired) electrons. The first kappa shape index (κ1) is 23.5. The van der Waals surface area contributed by atoms with E-state index < -0.39 is 0 Å². The number of nitrogens with zero attached hydrogens (tertiary/aromatic N) is 2. The van der Waals surface area contributed by atoms with E-state index in [1.54, 1.807) is 0 Å². The van der Waals surface area contributed by atoms with Crippen molar-refractivity contribution >= 4 is 5.96 Å². The Morgan fingerprint density at radius 3 is 2.52 bits per heavy atom. The minimum Gasteiger partial charge on any atom is -0.491 e. The lowest BCUT2D eigenvalue weighted by atomic mass is 10.0. The van der Waals surface area contributed by atoms with Crippen molar-refractivity contribution < 1.29 is 9.47 Å². The first-order valence-electron chi connectivity index (χ1n) is 11.0. The van der Waals surface area contributed by atoms with E-state index in [-0.39, 0.29) is 0 Å². The van der Waals surface area contributed by atoms with Crippen molar-refractivity contribution in [3.63, 3.8) is 0 Å². The van der Waals surface area contributed by atoms with Crippen molar-refractivity contribution in [2.75, 3.05) is 46.4 Å². The first-order valence-corrected chi connectivity index (χ1v) is 11.0. The highest BCUT2D eigenvalue weighted by atomic mass is 16.5. The minimum atomic E-state index is 0.312. The van der Waals surface area contributed by atoms with Crippen LogP contribution in [0.15, 0.2) is 29.3 Å². The smallest absolute Gasteiger partial charge is 0.191 e. The summed E-state index contributed by atoms with van der Waals surface area (Å²) in [5.74, 6) is 2.28. The summed E-state index contributed by atoms with van der Waals surface area (Å²) in [6.07, 6.45) is 2.56. The number of nitrogens with one attached hydrogen (secondary N) is 2. The molecular weight excluding hydrogens is 364 g/mol. The Morgan fingerprint density at radius 1 is 1.14 bits per heavy atom. The highest BCUT2D eigenvalue weighted by molar-refractivity contribution is 5.79. The van der Waals surface area contributed by atoms with Gasteiger partial charge in [0.1, 0.15) is 12.4 Å². The van der Waals surface area contributed by atoms with Crippen LogP contribution in [0.4, 0.5) is 0 Å². The number of likely N-dealkylation sites (tertiary alicyclic amines) is 1. The Labute approximate surface area is 177 Å². The van der Waals surface area contributed by atoms with Crippen LogP contribution in [0.2, 0.25) is 0 Å². The molecule has 2 rings (SSSR count). The molecule has 0 amide bonds. The van der Waals surface area contributed by atoms with Gasteiger partial charge in [-0.05, 0) is 44.2 Å². The summed E-state index contributed by atoms with van der Waals surface area (Å²) in [6.45, 7) is 13.9. The zero-order chi connectivity index (χ0) is 21.1. The third-order valence-electron chi connectivity index (χ3n) is 5.20. The van der Waals surface area contributed by atoms with E-state index in [1.165, 1.54) is 5.56 Å². The number of hydrogen-bond donors (Lipinski definition) is 2. The molecule has 0 atom stereocenters. The highest BCUT2D eigenvalue weighted by Crippen LogP contribution is 2.25. The number of benzene rings is 1. The van der Waals surface area contributed by atoms with Gasteiger partial charge in [0, 0.05) is 32.7 Å². The second-order valence-corrected chi connectivity index (χ2v) is 8.22. The summed E-state index contributed by atoms with van der Waals surface area (Å²) in [7, 11) is 1.82. The molecule has 1 fully saturated rings. The molecule has 0 aromatic heterocycles. The second-order valence-electron chi connectivity index (χ2n) is 8.22. The summed E-state index contributed by atoms with van der Waals surface area (Å²) in [6, 6.07) is 8.73. The van der Waals surface area contributed by atoms with Crippen LogP contribution in [-0.2, 0) is 4.74 Å². The van der Waals surface area contributed by atoms with Crippen LogP contribution in [0.5, 0.6) is 5.75 Å². The lowest BCUT2D eigenvalue weighted by Gasteiger charge is -2.33. The maximum absolute atomic E-state index is 5.99. The Bertz CT molecular complexity index is 611. The molecule has 1 heterocycles. The summed E-state index contributed by atoms with van der Waals surface area (Å²) in [4.78, 5) is 6.85. The normalized spacial score (nSPS) is 16.4. The monoisotopic (exact) mass is 404 g/mol. The maximum Gasteiger partial charge on any atom is 0.191 e. The van der Waals surface area contributed by atoms with Gasteiger partial charge in [-0.15, -0.1) is 0 Å². The molecule has 0 saturated carbocycles. The summed E-state index contributed by atoms with van der Waals surface area (Å²) < 4.78 is 11.7. The lowest BCUT2D eigenvalue weighted by molar-refractivity contribution is 0.0532. The largest absolute Gasteiger partial charge is 0.491 e. The average molecular weight is 405 g/mol. The molecule has 1 aliphatic rings. The van der Waals surface area contributed by atoms with E-state index >= 15 is 0 Å². The average Bonchev–Trinajstić information content (AvgIpc) is 2.71. The van der Waals surface area contributed by atoms with Crippen molar-refractivity contribution in [1.29, 1.82) is 0 Å². The first-order chi connectivity index (χ1) is 14.0. The molecule has 1 saturated heterocycles. The molecule has 1 aromatic carbocycles. The number of para-hydroxylation sites is 1. The van der Waals surface area contributed by atoms with Gasteiger partial charge in [0.15, 0.2) is 5.96 Å². The zero-order valence-corrected chi connectivity index (χ0v) is 18.9. The number of hydrogen-bond acceptors (Lipinski definition) is 4. The molecular formula is C23H40N4O2. The van der Waals surface area contributed by atoms with Crippen molar-refractivity contribution in [3.05, 3.63) is 29.8 Å². The van der Waals surface area contributed by atoms with Gasteiger partial charge in [-0.2, -0.15) is 0 Å². The fraction of sp³-hybridized carbons (Fsp3) is 0.696. The van der Waals surface area contributed by atoms with Gasteiger partial charge < -0.3 is 25.0 Å².